The third-order valence-corrected chi connectivity index (χ3v) is 4.75. The Morgan fingerprint density at radius 3 is 2.92 bits per heavy atom. The summed E-state index contributed by atoms with van der Waals surface area (Å²) in [5.74, 6) is -0.525. The third-order valence-electron chi connectivity index (χ3n) is 3.93. The molecule has 2 rings (SSSR count). The first-order valence-corrected chi connectivity index (χ1v) is 8.35. The Morgan fingerprint density at radius 2 is 2.21 bits per heavy atom. The van der Waals surface area contributed by atoms with Crippen molar-refractivity contribution in [1.29, 1.82) is 0 Å². The molecule has 1 aromatic rings. The summed E-state index contributed by atoms with van der Waals surface area (Å²) in [6, 6.07) is 4.67. The van der Waals surface area contributed by atoms with Gasteiger partial charge >= 0.3 is 5.97 Å². The van der Waals surface area contributed by atoms with E-state index < -0.39 is 6.04 Å². The predicted octanol–water partition coefficient (Wildman–Crippen LogP) is 2.58. The predicted molar refractivity (Wildman–Crippen MR) is 92.5 cm³/mol. The molecular weight excluding hydrogens is 355 g/mol. The molecule has 132 valence electrons. The van der Waals surface area contributed by atoms with Gasteiger partial charge in [0.05, 0.1) is 48.0 Å². The molecule has 6 nitrogen and oxygen atoms in total. The molecule has 0 aromatic heterocycles. The van der Waals surface area contributed by atoms with Crippen LogP contribution in [0, 0.1) is 0 Å². The molecule has 2 atom stereocenters. The number of halogens is 2. The highest BCUT2D eigenvalue weighted by molar-refractivity contribution is 6.44. The zero-order valence-corrected chi connectivity index (χ0v) is 15.1. The van der Waals surface area contributed by atoms with Crippen LogP contribution in [0.3, 0.4) is 0 Å². The van der Waals surface area contributed by atoms with Gasteiger partial charge in [0.25, 0.3) is 0 Å². The second kappa shape index (κ2) is 8.67. The van der Waals surface area contributed by atoms with Gasteiger partial charge in [0.2, 0.25) is 5.91 Å². The summed E-state index contributed by atoms with van der Waals surface area (Å²) in [7, 11) is 1.34. The maximum atomic E-state index is 12.5. The summed E-state index contributed by atoms with van der Waals surface area (Å²) < 4.78 is 10.2. The van der Waals surface area contributed by atoms with E-state index >= 15 is 0 Å². The Bertz CT molecular complexity index is 612. The SMILES string of the molecule is COC(=O)C[C@@H]1CN([C@H](C)C(=O)Nc2cccc(Cl)c2Cl)CCO1. The van der Waals surface area contributed by atoms with Crippen molar-refractivity contribution in [2.75, 3.05) is 32.1 Å². The number of nitrogens with one attached hydrogen (secondary N) is 1. The number of rotatable bonds is 5. The zero-order chi connectivity index (χ0) is 17.7. The Kier molecular flexibility index (Phi) is 6.86. The number of carbonyl (C=O) groups is 2. The molecule has 1 saturated heterocycles. The maximum Gasteiger partial charge on any atom is 0.308 e. The van der Waals surface area contributed by atoms with Gasteiger partial charge in [0, 0.05) is 13.1 Å². The van der Waals surface area contributed by atoms with E-state index in [0.717, 1.165) is 0 Å². The maximum absolute atomic E-state index is 12.5. The number of anilines is 1. The highest BCUT2D eigenvalue weighted by atomic mass is 35.5. The molecule has 0 aliphatic carbocycles. The molecule has 1 heterocycles. The molecule has 1 amide bonds. The fourth-order valence-electron chi connectivity index (χ4n) is 2.49. The van der Waals surface area contributed by atoms with Gasteiger partial charge in [-0.25, -0.2) is 0 Å². The number of ether oxygens (including phenoxy) is 2. The van der Waals surface area contributed by atoms with Crippen molar-refractivity contribution >= 4 is 40.8 Å². The van der Waals surface area contributed by atoms with E-state index in [-0.39, 0.29) is 24.4 Å². The Balaban J connectivity index is 1.97. The van der Waals surface area contributed by atoms with E-state index in [1.807, 2.05) is 4.90 Å². The van der Waals surface area contributed by atoms with E-state index in [1.54, 1.807) is 25.1 Å². The highest BCUT2D eigenvalue weighted by Crippen LogP contribution is 2.29. The van der Waals surface area contributed by atoms with Crippen LogP contribution in [-0.4, -0.2) is 55.7 Å². The monoisotopic (exact) mass is 374 g/mol. The molecule has 1 aliphatic rings. The van der Waals surface area contributed by atoms with E-state index in [4.69, 9.17) is 27.9 Å². The van der Waals surface area contributed by atoms with Crippen molar-refractivity contribution in [1.82, 2.24) is 4.90 Å². The number of hydrogen-bond acceptors (Lipinski definition) is 5. The standard InChI is InChI=1S/C16H20Cl2N2O4/c1-10(16(22)19-13-5-3-4-12(17)15(13)18)20-6-7-24-11(9-20)8-14(21)23-2/h3-5,10-11H,6-9H2,1-2H3,(H,19,22)/t10-,11-/m1/s1. The normalized spacial score (nSPS) is 19.6. The summed E-state index contributed by atoms with van der Waals surface area (Å²) in [6.45, 7) is 3.34. The number of esters is 1. The number of amides is 1. The quantitative estimate of drug-likeness (QED) is 0.802. The second-order valence-electron chi connectivity index (χ2n) is 5.53. The number of methoxy groups -OCH3 is 1. The third kappa shape index (κ3) is 4.83. The number of morpholine rings is 1. The van der Waals surface area contributed by atoms with Crippen molar-refractivity contribution in [2.45, 2.75) is 25.5 Å². The second-order valence-corrected chi connectivity index (χ2v) is 6.32. The minimum absolute atomic E-state index is 0.168. The Labute approximate surface area is 151 Å². The molecule has 8 heteroatoms. The molecular formula is C16H20Cl2N2O4. The van der Waals surface area contributed by atoms with Crippen LogP contribution in [0.5, 0.6) is 0 Å². The summed E-state index contributed by atoms with van der Waals surface area (Å²) in [4.78, 5) is 25.8. The lowest BCUT2D eigenvalue weighted by atomic mass is 10.1. The fraction of sp³-hybridized carbons (Fsp3) is 0.500. The average Bonchev–Trinajstić information content (AvgIpc) is 2.58. The molecule has 1 N–H and O–H groups in total. The molecule has 0 unspecified atom stereocenters. The van der Waals surface area contributed by atoms with Crippen LogP contribution in [0.4, 0.5) is 5.69 Å². The molecule has 0 spiro atoms. The van der Waals surface area contributed by atoms with Crippen molar-refractivity contribution < 1.29 is 19.1 Å². The highest BCUT2D eigenvalue weighted by Gasteiger charge is 2.29. The van der Waals surface area contributed by atoms with E-state index in [2.05, 4.69) is 10.1 Å². The minimum atomic E-state index is -0.399. The first-order valence-electron chi connectivity index (χ1n) is 7.59. The van der Waals surface area contributed by atoms with Crippen molar-refractivity contribution in [3.05, 3.63) is 28.2 Å². The van der Waals surface area contributed by atoms with Gasteiger partial charge in [0.15, 0.2) is 0 Å². The lowest BCUT2D eigenvalue weighted by Crippen LogP contribution is -2.51. The van der Waals surface area contributed by atoms with Gasteiger partial charge < -0.3 is 14.8 Å². The van der Waals surface area contributed by atoms with E-state index in [9.17, 15) is 9.59 Å². The van der Waals surface area contributed by atoms with Gasteiger partial charge in [0.1, 0.15) is 0 Å². The molecule has 1 fully saturated rings. The number of hydrogen-bond donors (Lipinski definition) is 1. The lowest BCUT2D eigenvalue weighted by molar-refractivity contribution is -0.146. The van der Waals surface area contributed by atoms with Crippen LogP contribution >= 0.6 is 23.2 Å². The topological polar surface area (TPSA) is 67.9 Å². The van der Waals surface area contributed by atoms with Crippen LogP contribution in [0.25, 0.3) is 0 Å². The number of carbonyl (C=O) groups excluding carboxylic acids is 2. The summed E-state index contributed by atoms with van der Waals surface area (Å²) >= 11 is 12.0. The van der Waals surface area contributed by atoms with E-state index in [1.165, 1.54) is 7.11 Å². The van der Waals surface area contributed by atoms with Gasteiger partial charge in [-0.15, -0.1) is 0 Å². The summed E-state index contributed by atoms with van der Waals surface area (Å²) in [6.07, 6.45) is -0.113. The molecule has 0 radical (unpaired) electrons. The number of benzene rings is 1. The number of nitrogens with zero attached hydrogens (tertiary/aromatic N) is 1. The van der Waals surface area contributed by atoms with Gasteiger partial charge in [-0.2, -0.15) is 0 Å². The van der Waals surface area contributed by atoms with E-state index in [0.29, 0.717) is 35.4 Å². The van der Waals surface area contributed by atoms with Gasteiger partial charge in [-0.1, -0.05) is 29.3 Å². The lowest BCUT2D eigenvalue weighted by Gasteiger charge is -2.35. The van der Waals surface area contributed by atoms with Crippen LogP contribution in [0.2, 0.25) is 10.0 Å². The molecule has 1 aromatic carbocycles. The molecule has 0 bridgehead atoms. The molecule has 24 heavy (non-hydrogen) atoms. The van der Waals surface area contributed by atoms with Crippen LogP contribution in [-0.2, 0) is 19.1 Å². The minimum Gasteiger partial charge on any atom is -0.469 e. The molecule has 1 aliphatic heterocycles. The van der Waals surface area contributed by atoms with Crippen LogP contribution in [0.15, 0.2) is 18.2 Å². The Morgan fingerprint density at radius 1 is 1.46 bits per heavy atom. The van der Waals surface area contributed by atoms with Crippen molar-refractivity contribution in [3.63, 3.8) is 0 Å². The Hall–Kier alpha value is -1.34. The van der Waals surface area contributed by atoms with Crippen LogP contribution in [0.1, 0.15) is 13.3 Å². The summed E-state index contributed by atoms with van der Waals surface area (Å²) in [5.41, 5.74) is 0.473. The summed E-state index contributed by atoms with van der Waals surface area (Å²) in [5, 5.41) is 3.48. The first kappa shape index (κ1) is 19.0. The largest absolute Gasteiger partial charge is 0.469 e. The van der Waals surface area contributed by atoms with Crippen molar-refractivity contribution in [3.8, 4) is 0 Å². The van der Waals surface area contributed by atoms with Gasteiger partial charge in [-0.3, -0.25) is 14.5 Å². The average molecular weight is 375 g/mol. The fourth-order valence-corrected chi connectivity index (χ4v) is 2.84. The van der Waals surface area contributed by atoms with Crippen molar-refractivity contribution in [2.24, 2.45) is 0 Å². The van der Waals surface area contributed by atoms with Crippen LogP contribution < -0.4 is 5.32 Å². The smallest absolute Gasteiger partial charge is 0.308 e. The zero-order valence-electron chi connectivity index (χ0n) is 13.6. The van der Waals surface area contributed by atoms with Gasteiger partial charge in [-0.05, 0) is 19.1 Å². The first-order chi connectivity index (χ1) is 11.4. The molecule has 0 saturated carbocycles.